The fraction of sp³-hybridized carbons (Fsp3) is 0.438. The minimum atomic E-state index is -0.593. The Hall–Kier alpha value is -1.85. The zero-order chi connectivity index (χ0) is 15.2. The third-order valence-corrected chi connectivity index (χ3v) is 3.10. The van der Waals surface area contributed by atoms with Gasteiger partial charge in [0.2, 0.25) is 5.89 Å². The molecule has 2 atom stereocenters. The molecule has 0 aliphatic carbocycles. The monoisotopic (exact) mass is 290 g/mol. The summed E-state index contributed by atoms with van der Waals surface area (Å²) >= 11 is 0. The van der Waals surface area contributed by atoms with Gasteiger partial charge in [-0.15, -0.1) is 0 Å². The number of hydrogen-bond donors (Lipinski definition) is 2. The Bertz CT molecular complexity index is 568. The maximum atomic E-state index is 9.94. The molecule has 0 saturated heterocycles. The van der Waals surface area contributed by atoms with Gasteiger partial charge in [-0.05, 0) is 38.5 Å². The van der Waals surface area contributed by atoms with Crippen molar-refractivity contribution in [2.75, 3.05) is 13.2 Å². The van der Waals surface area contributed by atoms with Crippen molar-refractivity contribution in [2.45, 2.75) is 32.9 Å². The Labute approximate surface area is 125 Å². The lowest BCUT2D eigenvalue weighted by Crippen LogP contribution is -2.33. The molecular formula is C16H22N2O3. The van der Waals surface area contributed by atoms with Gasteiger partial charge in [-0.25, -0.2) is 4.98 Å². The summed E-state index contributed by atoms with van der Waals surface area (Å²) < 4.78 is 11.0. The zero-order valence-corrected chi connectivity index (χ0v) is 12.7. The molecule has 0 saturated carbocycles. The fourth-order valence-electron chi connectivity index (χ4n) is 1.93. The van der Waals surface area contributed by atoms with E-state index in [-0.39, 0.29) is 12.6 Å². The van der Waals surface area contributed by atoms with E-state index in [4.69, 9.17) is 9.15 Å². The number of aliphatic hydroxyl groups is 1. The number of aliphatic hydroxyl groups excluding tert-OH is 1. The van der Waals surface area contributed by atoms with Crippen molar-refractivity contribution in [3.8, 4) is 5.75 Å². The number of benzene rings is 1. The first kappa shape index (κ1) is 15.5. The summed E-state index contributed by atoms with van der Waals surface area (Å²) in [6.45, 7) is 6.46. The van der Waals surface area contributed by atoms with Crippen LogP contribution >= 0.6 is 0 Å². The van der Waals surface area contributed by atoms with Crippen LogP contribution in [0.4, 0.5) is 0 Å². The molecule has 21 heavy (non-hydrogen) atoms. The highest BCUT2D eigenvalue weighted by atomic mass is 16.5. The summed E-state index contributed by atoms with van der Waals surface area (Å²) in [7, 11) is 0. The van der Waals surface area contributed by atoms with Gasteiger partial charge in [-0.1, -0.05) is 12.1 Å². The van der Waals surface area contributed by atoms with E-state index in [1.54, 1.807) is 6.20 Å². The van der Waals surface area contributed by atoms with Crippen LogP contribution in [0, 0.1) is 13.8 Å². The standard InChI is InChI=1S/C16H22N2O3/c1-11-5-4-6-15(7-11)20-10-14(19)9-17-13(3)16-18-8-12(2)21-16/h4-8,13-14,17,19H,9-10H2,1-3H3. The van der Waals surface area contributed by atoms with E-state index in [1.807, 2.05) is 45.0 Å². The van der Waals surface area contributed by atoms with Crippen LogP contribution in [0.3, 0.4) is 0 Å². The molecule has 2 unspecified atom stereocenters. The molecule has 0 amide bonds. The van der Waals surface area contributed by atoms with Gasteiger partial charge < -0.3 is 19.6 Å². The van der Waals surface area contributed by atoms with Crippen LogP contribution in [-0.4, -0.2) is 29.3 Å². The number of nitrogens with zero attached hydrogens (tertiary/aromatic N) is 1. The molecule has 2 rings (SSSR count). The van der Waals surface area contributed by atoms with E-state index in [9.17, 15) is 5.11 Å². The largest absolute Gasteiger partial charge is 0.491 e. The van der Waals surface area contributed by atoms with Gasteiger partial charge in [0.25, 0.3) is 0 Å². The maximum absolute atomic E-state index is 9.94. The van der Waals surface area contributed by atoms with Gasteiger partial charge in [0.15, 0.2) is 0 Å². The molecule has 114 valence electrons. The van der Waals surface area contributed by atoms with E-state index < -0.39 is 6.10 Å². The van der Waals surface area contributed by atoms with Crippen LogP contribution in [0.25, 0.3) is 0 Å². The highest BCUT2D eigenvalue weighted by molar-refractivity contribution is 5.27. The summed E-state index contributed by atoms with van der Waals surface area (Å²) in [5, 5.41) is 13.1. The van der Waals surface area contributed by atoms with Crippen LogP contribution < -0.4 is 10.1 Å². The van der Waals surface area contributed by atoms with Crippen LogP contribution in [0.15, 0.2) is 34.9 Å². The molecule has 2 N–H and O–H groups in total. The third kappa shape index (κ3) is 4.88. The average Bonchev–Trinajstić information content (AvgIpc) is 2.89. The molecule has 0 radical (unpaired) electrons. The Morgan fingerprint density at radius 3 is 2.86 bits per heavy atom. The minimum absolute atomic E-state index is 0.0488. The Morgan fingerprint density at radius 1 is 1.38 bits per heavy atom. The lowest BCUT2D eigenvalue weighted by atomic mass is 10.2. The van der Waals surface area contributed by atoms with Gasteiger partial charge >= 0.3 is 0 Å². The average molecular weight is 290 g/mol. The zero-order valence-electron chi connectivity index (χ0n) is 12.7. The quantitative estimate of drug-likeness (QED) is 0.819. The van der Waals surface area contributed by atoms with Crippen molar-refractivity contribution in [1.29, 1.82) is 0 Å². The lowest BCUT2D eigenvalue weighted by Gasteiger charge is -2.16. The third-order valence-electron chi connectivity index (χ3n) is 3.10. The van der Waals surface area contributed by atoms with Gasteiger partial charge in [-0.3, -0.25) is 0 Å². The van der Waals surface area contributed by atoms with Crippen molar-refractivity contribution in [2.24, 2.45) is 0 Å². The predicted molar refractivity (Wildman–Crippen MR) is 80.3 cm³/mol. The first-order valence-corrected chi connectivity index (χ1v) is 7.08. The first-order valence-electron chi connectivity index (χ1n) is 7.08. The van der Waals surface area contributed by atoms with E-state index in [0.29, 0.717) is 12.4 Å². The number of nitrogens with one attached hydrogen (secondary N) is 1. The first-order chi connectivity index (χ1) is 10.0. The summed E-state index contributed by atoms with van der Waals surface area (Å²) in [5.41, 5.74) is 1.13. The van der Waals surface area contributed by atoms with Crippen molar-refractivity contribution in [1.82, 2.24) is 10.3 Å². The fourth-order valence-corrected chi connectivity index (χ4v) is 1.93. The summed E-state index contributed by atoms with van der Waals surface area (Å²) in [4.78, 5) is 4.15. The normalized spacial score (nSPS) is 13.9. The molecule has 0 bridgehead atoms. The van der Waals surface area contributed by atoms with Gasteiger partial charge in [0, 0.05) is 6.54 Å². The number of aryl methyl sites for hydroxylation is 2. The van der Waals surface area contributed by atoms with E-state index in [1.165, 1.54) is 0 Å². The second-order valence-corrected chi connectivity index (χ2v) is 5.22. The molecule has 1 heterocycles. The molecule has 0 aliphatic heterocycles. The topological polar surface area (TPSA) is 67.5 Å². The van der Waals surface area contributed by atoms with Crippen LogP contribution in [0.5, 0.6) is 5.75 Å². The number of oxazole rings is 1. The van der Waals surface area contributed by atoms with Crippen molar-refractivity contribution in [3.63, 3.8) is 0 Å². The highest BCUT2D eigenvalue weighted by Gasteiger charge is 2.13. The summed E-state index contributed by atoms with van der Waals surface area (Å²) in [6.07, 6.45) is 1.09. The number of rotatable bonds is 7. The minimum Gasteiger partial charge on any atom is -0.491 e. The molecule has 0 fully saturated rings. The molecule has 2 aromatic rings. The molecular weight excluding hydrogens is 268 g/mol. The Morgan fingerprint density at radius 2 is 2.19 bits per heavy atom. The van der Waals surface area contributed by atoms with Crippen molar-refractivity contribution < 1.29 is 14.3 Å². The molecule has 0 aliphatic rings. The van der Waals surface area contributed by atoms with Gasteiger partial charge in [0.05, 0.1) is 12.2 Å². The lowest BCUT2D eigenvalue weighted by molar-refractivity contribution is 0.103. The Balaban J connectivity index is 1.73. The number of ether oxygens (including phenoxy) is 1. The second kappa shape index (κ2) is 7.24. The molecule has 1 aromatic carbocycles. The summed E-state index contributed by atoms with van der Waals surface area (Å²) in [6, 6.07) is 7.71. The second-order valence-electron chi connectivity index (χ2n) is 5.22. The molecule has 5 heteroatoms. The summed E-state index contributed by atoms with van der Waals surface area (Å²) in [5.74, 6) is 2.17. The van der Waals surface area contributed by atoms with E-state index in [2.05, 4.69) is 10.3 Å². The van der Waals surface area contributed by atoms with Crippen molar-refractivity contribution in [3.05, 3.63) is 47.7 Å². The van der Waals surface area contributed by atoms with Crippen LogP contribution in [0.1, 0.15) is 30.2 Å². The number of hydrogen-bond acceptors (Lipinski definition) is 5. The van der Waals surface area contributed by atoms with E-state index >= 15 is 0 Å². The van der Waals surface area contributed by atoms with Gasteiger partial charge in [0.1, 0.15) is 24.2 Å². The van der Waals surface area contributed by atoms with E-state index in [0.717, 1.165) is 17.1 Å². The smallest absolute Gasteiger partial charge is 0.211 e. The van der Waals surface area contributed by atoms with Crippen LogP contribution in [-0.2, 0) is 0 Å². The molecule has 0 spiro atoms. The Kier molecular flexibility index (Phi) is 5.36. The maximum Gasteiger partial charge on any atom is 0.211 e. The predicted octanol–water partition coefficient (Wildman–Crippen LogP) is 2.38. The molecule has 5 nitrogen and oxygen atoms in total. The van der Waals surface area contributed by atoms with Gasteiger partial charge in [-0.2, -0.15) is 0 Å². The van der Waals surface area contributed by atoms with Crippen molar-refractivity contribution >= 4 is 0 Å². The molecule has 1 aromatic heterocycles. The SMILES string of the molecule is Cc1cccc(OCC(O)CNC(C)c2ncc(C)o2)c1. The number of aromatic nitrogens is 1. The van der Waals surface area contributed by atoms with Crippen LogP contribution in [0.2, 0.25) is 0 Å². The highest BCUT2D eigenvalue weighted by Crippen LogP contribution is 2.13.